The molecule has 4 nitrogen and oxygen atoms in total. The number of aromatic carboxylic acids is 1. The van der Waals surface area contributed by atoms with Crippen LogP contribution in [-0.4, -0.2) is 37.4 Å². The van der Waals surface area contributed by atoms with Gasteiger partial charge in [-0.05, 0) is 37.1 Å². The van der Waals surface area contributed by atoms with E-state index in [2.05, 4.69) is 18.7 Å². The number of anilines is 1. The molecule has 0 aromatic heterocycles. The van der Waals surface area contributed by atoms with Crippen molar-refractivity contribution in [2.75, 3.05) is 25.2 Å². The van der Waals surface area contributed by atoms with Gasteiger partial charge in [-0.25, -0.2) is 4.79 Å². The molecule has 0 bridgehead atoms. The molecule has 0 unspecified atom stereocenters. The summed E-state index contributed by atoms with van der Waals surface area (Å²) in [6, 6.07) is 7.50. The molecular formula is C15H23NO3. The number of carbonyl (C=O) groups is 1. The predicted molar refractivity (Wildman–Crippen MR) is 77.0 cm³/mol. The first kappa shape index (κ1) is 15.5. The third kappa shape index (κ3) is 4.24. The fourth-order valence-corrected chi connectivity index (χ4v) is 2.24. The summed E-state index contributed by atoms with van der Waals surface area (Å²) in [6.45, 7) is 5.81. The van der Waals surface area contributed by atoms with Gasteiger partial charge in [0.1, 0.15) is 0 Å². The summed E-state index contributed by atoms with van der Waals surface area (Å²) in [4.78, 5) is 13.2. The Balaban J connectivity index is 2.92. The molecule has 0 fully saturated rings. The molecule has 0 aliphatic carbocycles. The number of methoxy groups -OCH3 is 1. The van der Waals surface area contributed by atoms with Crippen LogP contribution in [0, 0.1) is 0 Å². The van der Waals surface area contributed by atoms with E-state index in [1.54, 1.807) is 19.2 Å². The maximum Gasteiger partial charge on any atom is 0.335 e. The molecule has 0 saturated carbocycles. The van der Waals surface area contributed by atoms with Crippen molar-refractivity contribution in [3.05, 3.63) is 29.8 Å². The van der Waals surface area contributed by atoms with Crippen LogP contribution in [0.1, 0.15) is 37.0 Å². The van der Waals surface area contributed by atoms with Gasteiger partial charge < -0.3 is 14.7 Å². The van der Waals surface area contributed by atoms with Crippen LogP contribution < -0.4 is 4.90 Å². The van der Waals surface area contributed by atoms with E-state index >= 15 is 0 Å². The highest BCUT2D eigenvalue weighted by Crippen LogP contribution is 2.21. The van der Waals surface area contributed by atoms with Gasteiger partial charge in [-0.15, -0.1) is 0 Å². The van der Waals surface area contributed by atoms with E-state index in [0.29, 0.717) is 18.2 Å². The number of ether oxygens (including phenoxy) is 1. The summed E-state index contributed by atoms with van der Waals surface area (Å²) in [5, 5.41) is 8.92. The third-order valence-electron chi connectivity index (χ3n) is 3.37. The molecule has 0 atom stereocenters. The van der Waals surface area contributed by atoms with Gasteiger partial charge >= 0.3 is 5.97 Å². The highest BCUT2D eigenvalue weighted by Gasteiger charge is 2.15. The predicted octanol–water partition coefficient (Wildman–Crippen LogP) is 3.03. The quantitative estimate of drug-likeness (QED) is 0.785. The lowest BCUT2D eigenvalue weighted by atomic mass is 10.1. The monoisotopic (exact) mass is 265 g/mol. The minimum Gasteiger partial charge on any atom is -0.478 e. The van der Waals surface area contributed by atoms with Gasteiger partial charge in [0.25, 0.3) is 0 Å². The van der Waals surface area contributed by atoms with Crippen molar-refractivity contribution in [1.29, 1.82) is 0 Å². The Labute approximate surface area is 115 Å². The molecule has 4 heteroatoms. The maximum atomic E-state index is 10.9. The molecule has 1 aromatic carbocycles. The lowest BCUT2D eigenvalue weighted by molar-refractivity contribution is 0.0697. The largest absolute Gasteiger partial charge is 0.478 e. The number of hydrogen-bond acceptors (Lipinski definition) is 3. The van der Waals surface area contributed by atoms with Crippen molar-refractivity contribution in [3.63, 3.8) is 0 Å². The first-order valence-electron chi connectivity index (χ1n) is 6.72. The lowest BCUT2D eigenvalue weighted by Gasteiger charge is -2.32. The number of benzene rings is 1. The van der Waals surface area contributed by atoms with Crippen LogP contribution in [0.5, 0.6) is 0 Å². The van der Waals surface area contributed by atoms with E-state index in [9.17, 15) is 4.79 Å². The lowest BCUT2D eigenvalue weighted by Crippen LogP contribution is -2.37. The molecule has 106 valence electrons. The smallest absolute Gasteiger partial charge is 0.335 e. The van der Waals surface area contributed by atoms with Crippen molar-refractivity contribution in [3.8, 4) is 0 Å². The zero-order valence-corrected chi connectivity index (χ0v) is 11.9. The second-order valence-corrected chi connectivity index (χ2v) is 4.51. The number of carboxylic acids is 1. The topological polar surface area (TPSA) is 49.8 Å². The van der Waals surface area contributed by atoms with Crippen LogP contribution in [0.25, 0.3) is 0 Å². The van der Waals surface area contributed by atoms with E-state index in [1.807, 2.05) is 12.1 Å². The molecule has 0 saturated heterocycles. The number of hydrogen-bond donors (Lipinski definition) is 1. The Kier molecular flexibility index (Phi) is 6.36. The van der Waals surface area contributed by atoms with Gasteiger partial charge in [0.15, 0.2) is 0 Å². The van der Waals surface area contributed by atoms with Crippen LogP contribution in [-0.2, 0) is 4.74 Å². The molecular weight excluding hydrogens is 242 g/mol. The van der Waals surface area contributed by atoms with Crippen LogP contribution >= 0.6 is 0 Å². The molecule has 1 rings (SSSR count). The standard InChI is InChI=1S/C15H23NO3/c1-4-13(5-2)16(10-11-19-3)14-8-6-12(7-9-14)15(17)18/h6-9,13H,4-5,10-11H2,1-3H3,(H,17,18). The Morgan fingerprint density at radius 3 is 2.26 bits per heavy atom. The average molecular weight is 265 g/mol. The zero-order valence-electron chi connectivity index (χ0n) is 11.9. The number of nitrogens with zero attached hydrogens (tertiary/aromatic N) is 1. The second-order valence-electron chi connectivity index (χ2n) is 4.51. The van der Waals surface area contributed by atoms with Crippen LogP contribution in [0.15, 0.2) is 24.3 Å². The van der Waals surface area contributed by atoms with E-state index in [4.69, 9.17) is 9.84 Å². The second kappa shape index (κ2) is 7.79. The Morgan fingerprint density at radius 1 is 1.26 bits per heavy atom. The Morgan fingerprint density at radius 2 is 1.84 bits per heavy atom. The molecule has 0 radical (unpaired) electrons. The molecule has 1 aromatic rings. The van der Waals surface area contributed by atoms with Crippen molar-refractivity contribution in [1.82, 2.24) is 0 Å². The minimum absolute atomic E-state index is 0.319. The van der Waals surface area contributed by atoms with Gasteiger partial charge in [-0.2, -0.15) is 0 Å². The SMILES string of the molecule is CCC(CC)N(CCOC)c1ccc(C(=O)O)cc1. The van der Waals surface area contributed by atoms with Gasteiger partial charge in [0, 0.05) is 25.4 Å². The van der Waals surface area contributed by atoms with Crippen molar-refractivity contribution < 1.29 is 14.6 Å². The highest BCUT2D eigenvalue weighted by atomic mass is 16.5. The van der Waals surface area contributed by atoms with Gasteiger partial charge in [0.05, 0.1) is 12.2 Å². The van der Waals surface area contributed by atoms with Crippen molar-refractivity contribution in [2.24, 2.45) is 0 Å². The molecule has 0 aliphatic rings. The zero-order chi connectivity index (χ0) is 14.3. The highest BCUT2D eigenvalue weighted by molar-refractivity contribution is 5.88. The number of carboxylic acid groups (broad SMARTS) is 1. The van der Waals surface area contributed by atoms with Crippen molar-refractivity contribution in [2.45, 2.75) is 32.7 Å². The van der Waals surface area contributed by atoms with E-state index < -0.39 is 5.97 Å². The molecule has 0 amide bonds. The minimum atomic E-state index is -0.891. The van der Waals surface area contributed by atoms with Crippen molar-refractivity contribution >= 4 is 11.7 Å². The third-order valence-corrected chi connectivity index (χ3v) is 3.37. The molecule has 1 N–H and O–H groups in total. The average Bonchev–Trinajstić information content (AvgIpc) is 2.43. The summed E-state index contributed by atoms with van der Waals surface area (Å²) in [6.07, 6.45) is 2.11. The molecule has 0 heterocycles. The molecule has 19 heavy (non-hydrogen) atoms. The molecule has 0 aliphatic heterocycles. The van der Waals surface area contributed by atoms with Crippen LogP contribution in [0.3, 0.4) is 0 Å². The maximum absolute atomic E-state index is 10.9. The first-order chi connectivity index (χ1) is 9.13. The Bertz CT molecular complexity index is 385. The van der Waals surface area contributed by atoms with Crippen LogP contribution in [0.4, 0.5) is 5.69 Å². The fraction of sp³-hybridized carbons (Fsp3) is 0.533. The van der Waals surface area contributed by atoms with Gasteiger partial charge in [-0.3, -0.25) is 0 Å². The normalized spacial score (nSPS) is 10.7. The summed E-state index contributed by atoms with van der Waals surface area (Å²) in [5.41, 5.74) is 1.37. The summed E-state index contributed by atoms with van der Waals surface area (Å²) >= 11 is 0. The van der Waals surface area contributed by atoms with Gasteiger partial charge in [-0.1, -0.05) is 13.8 Å². The van der Waals surface area contributed by atoms with E-state index in [1.165, 1.54) is 0 Å². The number of rotatable bonds is 8. The summed E-state index contributed by atoms with van der Waals surface area (Å²) in [5.74, 6) is -0.891. The van der Waals surface area contributed by atoms with E-state index in [-0.39, 0.29) is 0 Å². The van der Waals surface area contributed by atoms with Crippen LogP contribution in [0.2, 0.25) is 0 Å². The van der Waals surface area contributed by atoms with Gasteiger partial charge in [0.2, 0.25) is 0 Å². The summed E-state index contributed by atoms with van der Waals surface area (Å²) < 4.78 is 5.16. The first-order valence-corrected chi connectivity index (χ1v) is 6.72. The summed E-state index contributed by atoms with van der Waals surface area (Å²) in [7, 11) is 1.69. The fourth-order valence-electron chi connectivity index (χ4n) is 2.24. The Hall–Kier alpha value is -1.55. The molecule has 0 spiro atoms. The van der Waals surface area contributed by atoms with E-state index in [0.717, 1.165) is 25.1 Å².